The normalized spacial score (nSPS) is 11.2. The van der Waals surface area contributed by atoms with E-state index in [1.807, 2.05) is 25.1 Å². The molecule has 0 fully saturated rings. The van der Waals surface area contributed by atoms with Crippen LogP contribution in [0.2, 0.25) is 0 Å². The zero-order chi connectivity index (χ0) is 12.9. The molecule has 0 aliphatic carbocycles. The molecule has 0 unspecified atom stereocenters. The molecule has 1 aromatic carbocycles. The molecule has 0 radical (unpaired) electrons. The van der Waals surface area contributed by atoms with Crippen molar-refractivity contribution < 1.29 is 17.7 Å². The highest BCUT2D eigenvalue weighted by atomic mass is 32.2. The summed E-state index contributed by atoms with van der Waals surface area (Å²) in [6.45, 7) is 2.43. The first-order chi connectivity index (χ1) is 7.92. The molecule has 0 spiro atoms. The summed E-state index contributed by atoms with van der Waals surface area (Å²) in [6.07, 6.45) is 0.357. The van der Waals surface area contributed by atoms with E-state index in [1.165, 1.54) is 0 Å². The van der Waals surface area contributed by atoms with E-state index >= 15 is 0 Å². The first kappa shape index (κ1) is 13.8. The van der Waals surface area contributed by atoms with Crippen LogP contribution in [0, 0.1) is 6.92 Å². The topological polar surface area (TPSA) is 75.6 Å². The molecule has 2 N–H and O–H groups in total. The van der Waals surface area contributed by atoms with E-state index < -0.39 is 10.1 Å². The summed E-state index contributed by atoms with van der Waals surface area (Å²) in [6, 6.07) is 5.63. The van der Waals surface area contributed by atoms with Crippen molar-refractivity contribution in [3.8, 4) is 5.75 Å². The Morgan fingerprint density at radius 3 is 2.71 bits per heavy atom. The minimum absolute atomic E-state index is 0.233. The molecule has 0 aliphatic rings. The summed E-state index contributed by atoms with van der Waals surface area (Å²) in [5.74, 6) is 0.510. The molecule has 0 saturated heterocycles. The molecule has 0 heterocycles. The van der Waals surface area contributed by atoms with Crippen molar-refractivity contribution >= 4 is 15.8 Å². The number of aryl methyl sites for hydroxylation is 1. The lowest BCUT2D eigenvalue weighted by atomic mass is 10.2. The summed E-state index contributed by atoms with van der Waals surface area (Å²) in [4.78, 5) is 0. The Kier molecular flexibility index (Phi) is 4.77. The quantitative estimate of drug-likeness (QED) is 0.600. The van der Waals surface area contributed by atoms with E-state index in [-0.39, 0.29) is 5.75 Å². The van der Waals surface area contributed by atoms with Gasteiger partial charge in [0.25, 0.3) is 10.1 Å². The summed E-state index contributed by atoms with van der Waals surface area (Å²) < 4.78 is 34.7. The van der Waals surface area contributed by atoms with Crippen molar-refractivity contribution in [2.75, 3.05) is 24.7 Å². The standard InChI is InChI=1S/C11H17NO4S/c1-9-4-5-10(16-2)8-11(9)12-6-3-7-17(13,14)15/h4-5,8,12H,3,6-7H2,1-2H3,(H,13,14,15). The van der Waals surface area contributed by atoms with E-state index in [9.17, 15) is 8.42 Å². The van der Waals surface area contributed by atoms with Gasteiger partial charge >= 0.3 is 0 Å². The Morgan fingerprint density at radius 1 is 1.41 bits per heavy atom. The van der Waals surface area contributed by atoms with Crippen LogP contribution in [0.1, 0.15) is 12.0 Å². The number of benzene rings is 1. The number of hydrogen-bond acceptors (Lipinski definition) is 4. The Balaban J connectivity index is 2.51. The van der Waals surface area contributed by atoms with Crippen LogP contribution in [-0.2, 0) is 10.1 Å². The lowest BCUT2D eigenvalue weighted by Gasteiger charge is -2.10. The van der Waals surface area contributed by atoms with Crippen LogP contribution in [0.25, 0.3) is 0 Å². The first-order valence-corrected chi connectivity index (χ1v) is 6.87. The molecule has 0 amide bonds. The van der Waals surface area contributed by atoms with E-state index in [0.717, 1.165) is 17.0 Å². The Bertz CT molecular complexity index is 470. The number of methoxy groups -OCH3 is 1. The second kappa shape index (κ2) is 5.88. The number of rotatable bonds is 6. The van der Waals surface area contributed by atoms with Crippen molar-refractivity contribution in [3.05, 3.63) is 23.8 Å². The molecule has 0 aromatic heterocycles. The predicted molar refractivity (Wildman–Crippen MR) is 67.3 cm³/mol. The zero-order valence-electron chi connectivity index (χ0n) is 9.93. The summed E-state index contributed by atoms with van der Waals surface area (Å²) in [5, 5.41) is 3.10. The van der Waals surface area contributed by atoms with Crippen molar-refractivity contribution in [2.45, 2.75) is 13.3 Å². The van der Waals surface area contributed by atoms with Crippen LogP contribution in [0.5, 0.6) is 5.75 Å². The highest BCUT2D eigenvalue weighted by Gasteiger charge is 2.04. The number of ether oxygens (including phenoxy) is 1. The van der Waals surface area contributed by atoms with Crippen molar-refractivity contribution in [2.24, 2.45) is 0 Å². The Labute approximate surface area is 102 Å². The van der Waals surface area contributed by atoms with Crippen LogP contribution < -0.4 is 10.1 Å². The average Bonchev–Trinajstić information content (AvgIpc) is 2.25. The van der Waals surface area contributed by atoms with Crippen LogP contribution in [-0.4, -0.2) is 32.4 Å². The Morgan fingerprint density at radius 2 is 2.12 bits per heavy atom. The smallest absolute Gasteiger partial charge is 0.264 e. The third-order valence-corrected chi connectivity index (χ3v) is 3.14. The molecular weight excluding hydrogens is 242 g/mol. The van der Waals surface area contributed by atoms with Gasteiger partial charge in [-0.2, -0.15) is 8.42 Å². The molecule has 17 heavy (non-hydrogen) atoms. The minimum Gasteiger partial charge on any atom is -0.497 e. The third kappa shape index (κ3) is 5.06. The highest BCUT2D eigenvalue weighted by molar-refractivity contribution is 7.85. The number of anilines is 1. The summed E-state index contributed by atoms with van der Waals surface area (Å²) in [7, 11) is -2.28. The van der Waals surface area contributed by atoms with Crippen LogP contribution in [0.15, 0.2) is 18.2 Å². The lowest BCUT2D eigenvalue weighted by molar-refractivity contribution is 0.415. The minimum atomic E-state index is -3.87. The zero-order valence-corrected chi connectivity index (χ0v) is 10.8. The van der Waals surface area contributed by atoms with Crippen molar-refractivity contribution in [1.82, 2.24) is 0 Å². The van der Waals surface area contributed by atoms with Gasteiger partial charge in [-0.3, -0.25) is 4.55 Å². The lowest BCUT2D eigenvalue weighted by Crippen LogP contribution is -2.10. The summed E-state index contributed by atoms with van der Waals surface area (Å²) >= 11 is 0. The highest BCUT2D eigenvalue weighted by Crippen LogP contribution is 2.21. The second-order valence-corrected chi connectivity index (χ2v) is 5.32. The van der Waals surface area contributed by atoms with Gasteiger partial charge in [0, 0.05) is 18.3 Å². The van der Waals surface area contributed by atoms with E-state index in [4.69, 9.17) is 9.29 Å². The van der Waals surface area contributed by atoms with Gasteiger partial charge in [-0.1, -0.05) is 6.07 Å². The van der Waals surface area contributed by atoms with E-state index in [1.54, 1.807) is 7.11 Å². The first-order valence-electron chi connectivity index (χ1n) is 5.26. The van der Waals surface area contributed by atoms with Gasteiger partial charge in [0.2, 0.25) is 0 Å². The van der Waals surface area contributed by atoms with Gasteiger partial charge in [0.1, 0.15) is 5.75 Å². The number of hydrogen-bond donors (Lipinski definition) is 2. The number of nitrogens with one attached hydrogen (secondary N) is 1. The maximum atomic E-state index is 10.5. The van der Waals surface area contributed by atoms with Gasteiger partial charge in [-0.15, -0.1) is 0 Å². The molecule has 1 aromatic rings. The van der Waals surface area contributed by atoms with Gasteiger partial charge in [-0.05, 0) is 25.0 Å². The van der Waals surface area contributed by atoms with E-state index in [0.29, 0.717) is 13.0 Å². The predicted octanol–water partition coefficient (Wildman–Crippen LogP) is 1.69. The molecule has 0 bridgehead atoms. The maximum Gasteiger partial charge on any atom is 0.264 e. The van der Waals surface area contributed by atoms with Crippen LogP contribution in [0.4, 0.5) is 5.69 Å². The van der Waals surface area contributed by atoms with Crippen LogP contribution >= 0.6 is 0 Å². The molecule has 6 heteroatoms. The summed E-state index contributed by atoms with van der Waals surface area (Å²) in [5.41, 5.74) is 1.96. The van der Waals surface area contributed by atoms with Gasteiger partial charge < -0.3 is 10.1 Å². The van der Waals surface area contributed by atoms with E-state index in [2.05, 4.69) is 5.32 Å². The molecule has 5 nitrogen and oxygen atoms in total. The fraction of sp³-hybridized carbons (Fsp3) is 0.455. The SMILES string of the molecule is COc1ccc(C)c(NCCCS(=O)(=O)O)c1. The van der Waals surface area contributed by atoms with Gasteiger partial charge in [0.05, 0.1) is 12.9 Å². The fourth-order valence-corrected chi connectivity index (χ4v) is 1.91. The maximum absolute atomic E-state index is 10.5. The van der Waals surface area contributed by atoms with Crippen molar-refractivity contribution in [1.29, 1.82) is 0 Å². The van der Waals surface area contributed by atoms with Crippen LogP contribution in [0.3, 0.4) is 0 Å². The molecule has 0 saturated carbocycles. The molecule has 96 valence electrons. The fourth-order valence-electron chi connectivity index (χ4n) is 1.40. The molecular formula is C11H17NO4S. The largest absolute Gasteiger partial charge is 0.497 e. The Hall–Kier alpha value is -1.27. The second-order valence-electron chi connectivity index (χ2n) is 3.75. The average molecular weight is 259 g/mol. The van der Waals surface area contributed by atoms with Crippen molar-refractivity contribution in [3.63, 3.8) is 0 Å². The molecule has 0 aliphatic heterocycles. The van der Waals surface area contributed by atoms with Gasteiger partial charge in [0.15, 0.2) is 0 Å². The molecule has 1 rings (SSSR count). The molecule has 0 atom stereocenters. The van der Waals surface area contributed by atoms with Gasteiger partial charge in [-0.25, -0.2) is 0 Å². The monoisotopic (exact) mass is 259 g/mol. The third-order valence-electron chi connectivity index (χ3n) is 2.34.